The van der Waals surface area contributed by atoms with E-state index in [1.165, 1.54) is 12.8 Å². The number of ether oxygens (including phenoxy) is 1. The standard InChI is InChI=1S/C15H24N2O2/c1-11-8-13(19-2)9-12(17-11)10-16-14-6-4-3-5-7-15(14)18/h8-9,14-16,18H,3-7,10H2,1-2H3. The minimum absolute atomic E-state index is 0.191. The summed E-state index contributed by atoms with van der Waals surface area (Å²) < 4.78 is 5.25. The van der Waals surface area contributed by atoms with Crippen LogP contribution in [0.2, 0.25) is 0 Å². The molecule has 4 nitrogen and oxygen atoms in total. The fourth-order valence-corrected chi connectivity index (χ4v) is 2.67. The third-order valence-corrected chi connectivity index (χ3v) is 3.74. The van der Waals surface area contributed by atoms with Crippen LogP contribution in [-0.4, -0.2) is 29.3 Å². The summed E-state index contributed by atoms with van der Waals surface area (Å²) in [5.41, 5.74) is 1.92. The van der Waals surface area contributed by atoms with Crippen LogP contribution in [0.4, 0.5) is 0 Å². The Labute approximate surface area is 115 Å². The number of pyridine rings is 1. The average Bonchev–Trinajstić information content (AvgIpc) is 2.60. The first kappa shape index (κ1) is 14.3. The van der Waals surface area contributed by atoms with Gasteiger partial charge in [-0.1, -0.05) is 19.3 Å². The molecule has 19 heavy (non-hydrogen) atoms. The van der Waals surface area contributed by atoms with Crippen molar-refractivity contribution in [3.63, 3.8) is 0 Å². The van der Waals surface area contributed by atoms with Gasteiger partial charge in [-0.2, -0.15) is 0 Å². The van der Waals surface area contributed by atoms with E-state index < -0.39 is 0 Å². The van der Waals surface area contributed by atoms with Crippen LogP contribution in [0.15, 0.2) is 12.1 Å². The van der Waals surface area contributed by atoms with Gasteiger partial charge in [0, 0.05) is 30.4 Å². The van der Waals surface area contributed by atoms with Crippen molar-refractivity contribution >= 4 is 0 Å². The molecule has 0 aliphatic heterocycles. The van der Waals surface area contributed by atoms with Crippen LogP contribution in [0.3, 0.4) is 0 Å². The number of aryl methyl sites for hydroxylation is 1. The topological polar surface area (TPSA) is 54.4 Å². The Bertz CT molecular complexity index is 409. The molecule has 1 fully saturated rings. The second kappa shape index (κ2) is 6.87. The Morgan fingerprint density at radius 3 is 2.89 bits per heavy atom. The number of nitrogens with one attached hydrogen (secondary N) is 1. The molecule has 0 amide bonds. The Morgan fingerprint density at radius 2 is 2.11 bits per heavy atom. The van der Waals surface area contributed by atoms with E-state index in [1.54, 1.807) is 7.11 Å². The van der Waals surface area contributed by atoms with Crippen LogP contribution < -0.4 is 10.1 Å². The molecule has 2 atom stereocenters. The zero-order valence-corrected chi connectivity index (χ0v) is 11.9. The van der Waals surface area contributed by atoms with Gasteiger partial charge in [0.15, 0.2) is 0 Å². The minimum Gasteiger partial charge on any atom is -0.497 e. The first-order valence-corrected chi connectivity index (χ1v) is 7.12. The van der Waals surface area contributed by atoms with Crippen molar-refractivity contribution in [2.75, 3.05) is 7.11 Å². The Morgan fingerprint density at radius 1 is 1.32 bits per heavy atom. The lowest BCUT2D eigenvalue weighted by molar-refractivity contribution is 0.119. The van der Waals surface area contributed by atoms with E-state index >= 15 is 0 Å². The molecule has 0 bridgehead atoms. The number of hydrogen-bond donors (Lipinski definition) is 2. The molecule has 0 saturated heterocycles. The zero-order chi connectivity index (χ0) is 13.7. The highest BCUT2D eigenvalue weighted by molar-refractivity contribution is 5.26. The van der Waals surface area contributed by atoms with E-state index in [-0.39, 0.29) is 12.1 Å². The molecule has 4 heteroatoms. The molecule has 2 rings (SSSR count). The Balaban J connectivity index is 1.95. The van der Waals surface area contributed by atoms with Crippen LogP contribution in [0.1, 0.15) is 43.5 Å². The molecule has 0 spiro atoms. The van der Waals surface area contributed by atoms with E-state index in [0.717, 1.165) is 36.4 Å². The van der Waals surface area contributed by atoms with Crippen LogP contribution in [0.5, 0.6) is 5.75 Å². The number of nitrogens with zero attached hydrogens (tertiary/aromatic N) is 1. The van der Waals surface area contributed by atoms with Crippen LogP contribution in [-0.2, 0) is 6.54 Å². The number of aliphatic hydroxyl groups is 1. The highest BCUT2D eigenvalue weighted by Crippen LogP contribution is 2.19. The lowest BCUT2D eigenvalue weighted by atomic mass is 10.1. The van der Waals surface area contributed by atoms with Gasteiger partial charge in [0.05, 0.1) is 18.9 Å². The first-order valence-electron chi connectivity index (χ1n) is 7.12. The lowest BCUT2D eigenvalue weighted by Crippen LogP contribution is -2.38. The maximum Gasteiger partial charge on any atom is 0.122 e. The minimum atomic E-state index is -0.228. The third kappa shape index (κ3) is 4.18. The maximum absolute atomic E-state index is 10.1. The van der Waals surface area contributed by atoms with Gasteiger partial charge >= 0.3 is 0 Å². The SMILES string of the molecule is COc1cc(C)nc(CNC2CCCCCC2O)c1. The molecular formula is C15H24N2O2. The molecule has 2 unspecified atom stereocenters. The number of aromatic nitrogens is 1. The van der Waals surface area contributed by atoms with E-state index in [9.17, 15) is 5.11 Å². The molecule has 1 aliphatic carbocycles. The van der Waals surface area contributed by atoms with Crippen molar-refractivity contribution in [1.29, 1.82) is 0 Å². The van der Waals surface area contributed by atoms with E-state index in [0.29, 0.717) is 6.54 Å². The summed E-state index contributed by atoms with van der Waals surface area (Å²) in [6.07, 6.45) is 5.28. The summed E-state index contributed by atoms with van der Waals surface area (Å²) in [4.78, 5) is 4.49. The number of aliphatic hydroxyl groups excluding tert-OH is 1. The lowest BCUT2D eigenvalue weighted by Gasteiger charge is -2.21. The molecule has 1 aliphatic rings. The van der Waals surface area contributed by atoms with Gasteiger partial charge in [-0.05, 0) is 19.8 Å². The monoisotopic (exact) mass is 264 g/mol. The third-order valence-electron chi connectivity index (χ3n) is 3.74. The van der Waals surface area contributed by atoms with Crippen LogP contribution >= 0.6 is 0 Å². The summed E-state index contributed by atoms with van der Waals surface area (Å²) >= 11 is 0. The van der Waals surface area contributed by atoms with Gasteiger partial charge in [-0.3, -0.25) is 4.98 Å². The predicted molar refractivity (Wildman–Crippen MR) is 75.2 cm³/mol. The summed E-state index contributed by atoms with van der Waals surface area (Å²) in [5, 5.41) is 13.5. The van der Waals surface area contributed by atoms with Gasteiger partial charge in [-0.25, -0.2) is 0 Å². The predicted octanol–water partition coefficient (Wildman–Crippen LogP) is 2.18. The van der Waals surface area contributed by atoms with Crippen molar-refractivity contribution < 1.29 is 9.84 Å². The second-order valence-electron chi connectivity index (χ2n) is 5.33. The zero-order valence-electron chi connectivity index (χ0n) is 11.9. The fraction of sp³-hybridized carbons (Fsp3) is 0.667. The van der Waals surface area contributed by atoms with E-state index in [2.05, 4.69) is 10.3 Å². The molecule has 1 aromatic rings. The normalized spacial score (nSPS) is 23.9. The summed E-state index contributed by atoms with van der Waals surface area (Å²) in [5.74, 6) is 0.839. The average molecular weight is 264 g/mol. The number of methoxy groups -OCH3 is 1. The van der Waals surface area contributed by atoms with Crippen LogP contribution in [0.25, 0.3) is 0 Å². The number of hydrogen-bond acceptors (Lipinski definition) is 4. The van der Waals surface area contributed by atoms with E-state index in [4.69, 9.17) is 4.74 Å². The van der Waals surface area contributed by atoms with Crippen molar-refractivity contribution in [1.82, 2.24) is 10.3 Å². The summed E-state index contributed by atoms with van der Waals surface area (Å²) in [7, 11) is 1.67. The molecule has 1 aromatic heterocycles. The molecule has 0 radical (unpaired) electrons. The highest BCUT2D eigenvalue weighted by Gasteiger charge is 2.20. The second-order valence-corrected chi connectivity index (χ2v) is 5.33. The quantitative estimate of drug-likeness (QED) is 0.818. The molecule has 1 heterocycles. The largest absolute Gasteiger partial charge is 0.497 e. The molecular weight excluding hydrogens is 240 g/mol. The molecule has 1 saturated carbocycles. The van der Waals surface area contributed by atoms with Gasteiger partial charge in [0.25, 0.3) is 0 Å². The Hall–Kier alpha value is -1.13. The molecule has 106 valence electrons. The smallest absolute Gasteiger partial charge is 0.122 e. The van der Waals surface area contributed by atoms with Gasteiger partial charge < -0.3 is 15.2 Å². The van der Waals surface area contributed by atoms with Crippen molar-refractivity contribution in [3.05, 3.63) is 23.5 Å². The summed E-state index contributed by atoms with van der Waals surface area (Å²) in [6, 6.07) is 4.06. The molecule has 0 aromatic carbocycles. The molecule has 2 N–H and O–H groups in total. The van der Waals surface area contributed by atoms with Crippen molar-refractivity contribution in [2.45, 2.75) is 57.7 Å². The number of rotatable bonds is 4. The van der Waals surface area contributed by atoms with Gasteiger partial charge in [-0.15, -0.1) is 0 Å². The maximum atomic E-state index is 10.1. The Kier molecular flexibility index (Phi) is 5.16. The van der Waals surface area contributed by atoms with Gasteiger partial charge in [0.1, 0.15) is 5.75 Å². The fourth-order valence-electron chi connectivity index (χ4n) is 2.67. The van der Waals surface area contributed by atoms with Crippen LogP contribution in [0, 0.1) is 6.92 Å². The van der Waals surface area contributed by atoms with E-state index in [1.807, 2.05) is 19.1 Å². The van der Waals surface area contributed by atoms with Crippen molar-refractivity contribution in [3.8, 4) is 5.75 Å². The first-order chi connectivity index (χ1) is 9.19. The van der Waals surface area contributed by atoms with Crippen molar-refractivity contribution in [2.24, 2.45) is 0 Å². The summed E-state index contributed by atoms with van der Waals surface area (Å²) in [6.45, 7) is 2.65. The highest BCUT2D eigenvalue weighted by atomic mass is 16.5. The van der Waals surface area contributed by atoms with Gasteiger partial charge in [0.2, 0.25) is 0 Å².